The van der Waals surface area contributed by atoms with Crippen molar-refractivity contribution in [2.45, 2.75) is 6.92 Å². The van der Waals surface area contributed by atoms with Gasteiger partial charge in [-0.2, -0.15) is 5.26 Å². The van der Waals surface area contributed by atoms with Gasteiger partial charge in [0.1, 0.15) is 29.4 Å². The fraction of sp³-hybridized carbons (Fsp3) is 0.0526. The van der Waals surface area contributed by atoms with Crippen LogP contribution in [0.25, 0.3) is 77.4 Å². The molecule has 0 unspecified atom stereocenters. The molecule has 0 spiro atoms. The lowest BCUT2D eigenvalue weighted by molar-refractivity contribution is -0.660. The first kappa shape index (κ1) is 24.2. The standard InChI is InChI=1S/C38H25N2O2/c1-23-12-15-29-30-16-13-27(22-39)36(26-14-17-34-31(20-26)28-10-6-7-11-33(28)41-34)38(30)42-37(29)35(23)32-21-25(18-19-40(32)2)24-8-4-3-5-9-24/h3-21H,1-2H3/q+1. The molecule has 0 saturated carbocycles. The van der Waals surface area contributed by atoms with Crippen LogP contribution in [0.3, 0.4) is 0 Å². The predicted molar refractivity (Wildman–Crippen MR) is 168 cm³/mol. The molecule has 42 heavy (non-hydrogen) atoms. The zero-order chi connectivity index (χ0) is 28.4. The Hall–Kier alpha value is -5.66. The third kappa shape index (κ3) is 3.57. The van der Waals surface area contributed by atoms with Gasteiger partial charge in [-0.1, -0.05) is 66.7 Å². The van der Waals surface area contributed by atoms with E-state index < -0.39 is 0 Å². The van der Waals surface area contributed by atoms with Crippen LogP contribution in [0.4, 0.5) is 0 Å². The molecule has 198 valence electrons. The quantitative estimate of drug-likeness (QED) is 0.209. The van der Waals surface area contributed by atoms with E-state index in [1.54, 1.807) is 0 Å². The maximum Gasteiger partial charge on any atom is 0.216 e. The van der Waals surface area contributed by atoms with Crippen molar-refractivity contribution in [1.29, 1.82) is 5.26 Å². The number of hydrogen-bond donors (Lipinski definition) is 0. The van der Waals surface area contributed by atoms with Crippen LogP contribution in [-0.4, -0.2) is 0 Å². The van der Waals surface area contributed by atoms with Crippen molar-refractivity contribution in [3.8, 4) is 39.6 Å². The molecule has 0 aliphatic rings. The summed E-state index contributed by atoms with van der Waals surface area (Å²) in [6.45, 7) is 2.12. The van der Waals surface area contributed by atoms with Gasteiger partial charge in [0.15, 0.2) is 6.20 Å². The molecule has 0 aliphatic carbocycles. The van der Waals surface area contributed by atoms with Crippen LogP contribution >= 0.6 is 0 Å². The molecule has 8 rings (SSSR count). The van der Waals surface area contributed by atoms with E-state index in [4.69, 9.17) is 8.83 Å². The van der Waals surface area contributed by atoms with E-state index in [-0.39, 0.29) is 0 Å². The first-order valence-electron chi connectivity index (χ1n) is 14.0. The number of benzene rings is 5. The molecule has 0 amide bonds. The Bertz CT molecular complexity index is 2390. The summed E-state index contributed by atoms with van der Waals surface area (Å²) >= 11 is 0. The molecule has 8 aromatic rings. The first-order valence-corrected chi connectivity index (χ1v) is 14.0. The highest BCUT2D eigenvalue weighted by Gasteiger charge is 2.24. The van der Waals surface area contributed by atoms with Gasteiger partial charge in [0.05, 0.1) is 17.2 Å². The largest absolute Gasteiger partial charge is 0.456 e. The second kappa shape index (κ2) is 9.19. The molecule has 0 bridgehead atoms. The van der Waals surface area contributed by atoms with Crippen molar-refractivity contribution in [2.24, 2.45) is 7.05 Å². The minimum atomic E-state index is 0.573. The van der Waals surface area contributed by atoms with Crippen molar-refractivity contribution in [1.82, 2.24) is 0 Å². The highest BCUT2D eigenvalue weighted by atomic mass is 16.3. The summed E-state index contributed by atoms with van der Waals surface area (Å²) in [7, 11) is 2.06. The van der Waals surface area contributed by atoms with E-state index in [9.17, 15) is 5.26 Å². The van der Waals surface area contributed by atoms with E-state index in [0.717, 1.165) is 77.4 Å². The Morgan fingerprint density at radius 3 is 2.17 bits per heavy atom. The topological polar surface area (TPSA) is 54.0 Å². The van der Waals surface area contributed by atoms with Crippen molar-refractivity contribution >= 4 is 43.9 Å². The zero-order valence-corrected chi connectivity index (χ0v) is 23.2. The lowest BCUT2D eigenvalue weighted by Crippen LogP contribution is -2.30. The minimum absolute atomic E-state index is 0.573. The summed E-state index contributed by atoms with van der Waals surface area (Å²) in [6.07, 6.45) is 2.10. The Labute approximate surface area is 242 Å². The monoisotopic (exact) mass is 541 g/mol. The van der Waals surface area contributed by atoms with Crippen molar-refractivity contribution in [3.63, 3.8) is 0 Å². The molecule has 0 atom stereocenters. The number of rotatable bonds is 3. The number of nitriles is 1. The summed E-state index contributed by atoms with van der Waals surface area (Å²) in [4.78, 5) is 0. The van der Waals surface area contributed by atoms with Gasteiger partial charge in [0.25, 0.3) is 0 Å². The van der Waals surface area contributed by atoms with E-state index in [2.05, 4.69) is 91.5 Å². The number of furan rings is 2. The van der Waals surface area contributed by atoms with E-state index >= 15 is 0 Å². The van der Waals surface area contributed by atoms with Crippen molar-refractivity contribution in [3.05, 3.63) is 127 Å². The SMILES string of the molecule is Cc1ccc2c(oc3c(-c4ccc5oc6ccccc6c5c4)c(C#N)ccc32)c1-c1cc(-c2ccccc2)cc[n+]1C. The third-order valence-corrected chi connectivity index (χ3v) is 8.32. The van der Waals surface area contributed by atoms with Gasteiger partial charge in [-0.15, -0.1) is 0 Å². The number of aryl methyl sites for hydroxylation is 2. The Kier molecular flexibility index (Phi) is 5.29. The Balaban J connectivity index is 1.41. The molecule has 4 heteroatoms. The van der Waals surface area contributed by atoms with Gasteiger partial charge in [0.2, 0.25) is 5.69 Å². The normalized spacial score (nSPS) is 11.5. The van der Waals surface area contributed by atoms with Crippen LogP contribution in [0, 0.1) is 18.3 Å². The molecule has 0 aliphatic heterocycles. The number of pyridine rings is 1. The molecule has 3 aromatic heterocycles. The molecule has 0 radical (unpaired) electrons. The fourth-order valence-electron chi connectivity index (χ4n) is 6.21. The van der Waals surface area contributed by atoms with Crippen LogP contribution in [0.15, 0.2) is 124 Å². The second-order valence-corrected chi connectivity index (χ2v) is 10.8. The average molecular weight is 542 g/mol. The number of nitrogens with zero attached hydrogens (tertiary/aromatic N) is 2. The van der Waals surface area contributed by atoms with Crippen LogP contribution < -0.4 is 4.57 Å². The highest BCUT2D eigenvalue weighted by molar-refractivity contribution is 6.15. The van der Waals surface area contributed by atoms with Gasteiger partial charge in [-0.25, -0.2) is 4.57 Å². The minimum Gasteiger partial charge on any atom is -0.456 e. The molecule has 4 nitrogen and oxygen atoms in total. The molecule has 0 saturated heterocycles. The zero-order valence-electron chi connectivity index (χ0n) is 23.2. The molecule has 0 N–H and O–H groups in total. The maximum absolute atomic E-state index is 10.2. The lowest BCUT2D eigenvalue weighted by atomic mass is 9.95. The van der Waals surface area contributed by atoms with Crippen LogP contribution in [-0.2, 0) is 7.05 Å². The van der Waals surface area contributed by atoms with E-state index in [1.807, 2.05) is 48.5 Å². The van der Waals surface area contributed by atoms with Gasteiger partial charge in [-0.05, 0) is 59.5 Å². The predicted octanol–water partition coefficient (Wildman–Crippen LogP) is 9.49. The summed E-state index contributed by atoms with van der Waals surface area (Å²) < 4.78 is 15.1. The van der Waals surface area contributed by atoms with E-state index in [1.165, 1.54) is 0 Å². The number of hydrogen-bond acceptors (Lipinski definition) is 3. The van der Waals surface area contributed by atoms with Gasteiger partial charge in [0, 0.05) is 39.2 Å². The highest BCUT2D eigenvalue weighted by Crippen LogP contribution is 2.43. The molecule has 5 aromatic carbocycles. The maximum atomic E-state index is 10.2. The van der Waals surface area contributed by atoms with Crippen LogP contribution in [0.5, 0.6) is 0 Å². The Morgan fingerprint density at radius 1 is 0.595 bits per heavy atom. The number of aromatic nitrogens is 1. The smallest absolute Gasteiger partial charge is 0.216 e. The van der Waals surface area contributed by atoms with Gasteiger partial charge < -0.3 is 8.83 Å². The summed E-state index contributed by atoms with van der Waals surface area (Å²) in [5.41, 5.74) is 11.0. The number of para-hydroxylation sites is 1. The van der Waals surface area contributed by atoms with Crippen molar-refractivity contribution in [2.75, 3.05) is 0 Å². The van der Waals surface area contributed by atoms with Gasteiger partial charge in [-0.3, -0.25) is 0 Å². The average Bonchev–Trinajstić information content (AvgIpc) is 3.59. The molecule has 0 fully saturated rings. The molecule has 3 heterocycles. The lowest BCUT2D eigenvalue weighted by Gasteiger charge is -2.08. The molecular formula is C38H25N2O2+. The van der Waals surface area contributed by atoms with Crippen molar-refractivity contribution < 1.29 is 13.4 Å². The van der Waals surface area contributed by atoms with Gasteiger partial charge >= 0.3 is 0 Å². The Morgan fingerprint density at radius 2 is 1.33 bits per heavy atom. The third-order valence-electron chi connectivity index (χ3n) is 8.32. The van der Waals surface area contributed by atoms with Crippen LogP contribution in [0.1, 0.15) is 11.1 Å². The fourth-order valence-corrected chi connectivity index (χ4v) is 6.21. The van der Waals surface area contributed by atoms with Crippen LogP contribution in [0.2, 0.25) is 0 Å². The summed E-state index contributed by atoms with van der Waals surface area (Å²) in [5.74, 6) is 0. The number of fused-ring (bicyclic) bond motifs is 6. The summed E-state index contributed by atoms with van der Waals surface area (Å²) in [5, 5.41) is 14.3. The second-order valence-electron chi connectivity index (χ2n) is 10.8. The first-order chi connectivity index (χ1) is 20.6. The molecular weight excluding hydrogens is 516 g/mol. The summed E-state index contributed by atoms with van der Waals surface area (Å²) in [6, 6.07) is 39.5. The van der Waals surface area contributed by atoms with E-state index in [0.29, 0.717) is 11.1 Å².